The number of halogens is 1. The molecule has 0 spiro atoms. The number of hydrogen-bond acceptors (Lipinski definition) is 6. The Bertz CT molecular complexity index is 1220. The molecule has 0 saturated carbocycles. The van der Waals surface area contributed by atoms with Crippen molar-refractivity contribution < 1.29 is 23.7 Å². The van der Waals surface area contributed by atoms with Crippen molar-refractivity contribution in [1.29, 1.82) is 0 Å². The molecule has 1 aliphatic rings. The van der Waals surface area contributed by atoms with Crippen LogP contribution >= 0.6 is 0 Å². The fourth-order valence-corrected chi connectivity index (χ4v) is 5.12. The van der Waals surface area contributed by atoms with Crippen LogP contribution in [0.5, 0.6) is 17.2 Å². The molecule has 0 amide bonds. The van der Waals surface area contributed by atoms with Gasteiger partial charge >= 0.3 is 0 Å². The molecule has 0 heterocycles. The molecule has 0 fully saturated rings. The Labute approximate surface area is 225 Å². The Morgan fingerprint density at radius 1 is 0.947 bits per heavy atom. The molecular weight excluding hydrogens is 483 g/mol. The van der Waals surface area contributed by atoms with Crippen LogP contribution < -0.4 is 14.4 Å². The zero-order valence-corrected chi connectivity index (χ0v) is 22.9. The van der Waals surface area contributed by atoms with Crippen LogP contribution in [0.1, 0.15) is 34.6 Å². The lowest BCUT2D eigenvalue weighted by atomic mass is 9.79. The van der Waals surface area contributed by atoms with E-state index < -0.39 is 0 Å². The minimum atomic E-state index is -0.353. The van der Waals surface area contributed by atoms with Gasteiger partial charge in [-0.05, 0) is 84.8 Å². The lowest BCUT2D eigenvalue weighted by Crippen LogP contribution is -2.27. The number of ether oxygens (including phenoxy) is 3. The van der Waals surface area contributed by atoms with Crippen LogP contribution in [0, 0.1) is 5.82 Å². The molecule has 1 N–H and O–H groups in total. The molecule has 0 aliphatic heterocycles. The Morgan fingerprint density at radius 2 is 1.76 bits per heavy atom. The summed E-state index contributed by atoms with van der Waals surface area (Å²) in [7, 11) is 7.37. The number of aromatic hydroxyl groups is 1. The zero-order chi connectivity index (χ0) is 27.1. The lowest BCUT2D eigenvalue weighted by molar-refractivity contribution is 0.149. The monoisotopic (exact) mass is 522 g/mol. The van der Waals surface area contributed by atoms with Crippen LogP contribution in [-0.4, -0.2) is 64.6 Å². The second-order valence-corrected chi connectivity index (χ2v) is 10.1. The van der Waals surface area contributed by atoms with Gasteiger partial charge in [0.2, 0.25) is 0 Å². The first-order valence-electron chi connectivity index (χ1n) is 13.2. The van der Waals surface area contributed by atoms with Crippen molar-refractivity contribution in [2.45, 2.75) is 31.7 Å². The first-order chi connectivity index (χ1) is 18.4. The lowest BCUT2D eigenvalue weighted by Gasteiger charge is -2.30. The summed E-state index contributed by atoms with van der Waals surface area (Å²) in [6, 6.07) is 17.1. The van der Waals surface area contributed by atoms with Crippen LogP contribution in [-0.2, 0) is 24.1 Å². The number of fused-ring (bicyclic) bond motifs is 1. The summed E-state index contributed by atoms with van der Waals surface area (Å²) in [6.45, 7) is 3.11. The molecule has 1 atom stereocenters. The van der Waals surface area contributed by atoms with Crippen LogP contribution in [0.2, 0.25) is 0 Å². The largest absolute Gasteiger partial charge is 0.508 e. The topological polar surface area (TPSA) is 54.4 Å². The highest BCUT2D eigenvalue weighted by Crippen LogP contribution is 2.40. The minimum absolute atomic E-state index is 0.269. The van der Waals surface area contributed by atoms with Gasteiger partial charge in [-0.3, -0.25) is 0 Å². The van der Waals surface area contributed by atoms with E-state index in [0.29, 0.717) is 38.0 Å². The quantitative estimate of drug-likeness (QED) is 0.344. The van der Waals surface area contributed by atoms with Crippen molar-refractivity contribution in [3.8, 4) is 17.2 Å². The molecule has 3 aromatic rings. The molecule has 0 aromatic heterocycles. The summed E-state index contributed by atoms with van der Waals surface area (Å²) in [6.07, 6.45) is 2.85. The van der Waals surface area contributed by atoms with Gasteiger partial charge in [-0.1, -0.05) is 18.2 Å². The van der Waals surface area contributed by atoms with Crippen molar-refractivity contribution in [2.75, 3.05) is 59.5 Å². The number of aryl methyl sites for hydroxylation is 1. The van der Waals surface area contributed by atoms with Crippen LogP contribution in [0.15, 0.2) is 54.6 Å². The summed E-state index contributed by atoms with van der Waals surface area (Å²) in [4.78, 5) is 4.25. The number of phenols is 1. The van der Waals surface area contributed by atoms with Gasteiger partial charge in [0, 0.05) is 45.5 Å². The van der Waals surface area contributed by atoms with E-state index in [9.17, 15) is 9.50 Å². The number of phenolic OH excluding ortho intramolecular Hbond substituents is 1. The molecule has 0 saturated heterocycles. The molecule has 3 aromatic carbocycles. The molecule has 1 aliphatic carbocycles. The fourth-order valence-electron chi connectivity index (χ4n) is 5.12. The Balaban J connectivity index is 1.45. The fraction of sp³-hybridized carbons (Fsp3) is 0.419. The van der Waals surface area contributed by atoms with E-state index in [0.717, 1.165) is 42.8 Å². The maximum atomic E-state index is 14.9. The normalized spacial score (nSPS) is 14.8. The van der Waals surface area contributed by atoms with Crippen LogP contribution in [0.3, 0.4) is 0 Å². The number of nitrogens with zero attached hydrogens (tertiary/aromatic N) is 2. The number of rotatable bonds is 12. The van der Waals surface area contributed by atoms with Gasteiger partial charge in [-0.2, -0.15) is 0 Å². The van der Waals surface area contributed by atoms with Gasteiger partial charge in [0.15, 0.2) is 11.6 Å². The molecule has 0 bridgehead atoms. The van der Waals surface area contributed by atoms with Gasteiger partial charge in [0.05, 0.1) is 13.7 Å². The number of anilines is 1. The number of likely N-dealkylation sites (N-methyl/N-ethyl adjacent to an activating group) is 1. The van der Waals surface area contributed by atoms with E-state index >= 15 is 0 Å². The van der Waals surface area contributed by atoms with Crippen molar-refractivity contribution in [3.05, 3.63) is 82.7 Å². The third-order valence-corrected chi connectivity index (χ3v) is 7.33. The van der Waals surface area contributed by atoms with E-state index in [-0.39, 0.29) is 11.6 Å². The van der Waals surface area contributed by atoms with Crippen molar-refractivity contribution in [2.24, 2.45) is 0 Å². The summed E-state index contributed by atoms with van der Waals surface area (Å²) >= 11 is 0. The SMILES string of the molecule is COCCN(C)CCOc1ccc(CN(C)c2cc(OC)ccc2[C@@H]2CCc3cc(O)ccc3C2)cc1F. The molecule has 0 unspecified atom stereocenters. The van der Waals surface area contributed by atoms with Crippen LogP contribution in [0.25, 0.3) is 0 Å². The van der Waals surface area contributed by atoms with Gasteiger partial charge in [-0.25, -0.2) is 4.39 Å². The van der Waals surface area contributed by atoms with Crippen LogP contribution in [0.4, 0.5) is 10.1 Å². The van der Waals surface area contributed by atoms with Crippen molar-refractivity contribution in [3.63, 3.8) is 0 Å². The second kappa shape index (κ2) is 13.0. The minimum Gasteiger partial charge on any atom is -0.508 e. The van der Waals surface area contributed by atoms with Gasteiger partial charge in [0.25, 0.3) is 0 Å². The molecular formula is C31H39FN2O4. The highest BCUT2D eigenvalue weighted by Gasteiger charge is 2.24. The molecule has 0 radical (unpaired) electrons. The molecule has 7 heteroatoms. The summed E-state index contributed by atoms with van der Waals surface area (Å²) in [5.41, 5.74) is 5.71. The molecule has 4 rings (SSSR count). The highest BCUT2D eigenvalue weighted by molar-refractivity contribution is 5.59. The van der Waals surface area contributed by atoms with E-state index in [1.54, 1.807) is 32.4 Å². The average Bonchev–Trinajstić information content (AvgIpc) is 2.92. The van der Waals surface area contributed by atoms with Gasteiger partial charge in [-0.15, -0.1) is 0 Å². The third-order valence-electron chi connectivity index (χ3n) is 7.33. The van der Waals surface area contributed by atoms with Gasteiger partial charge < -0.3 is 29.1 Å². The van der Waals surface area contributed by atoms with E-state index in [2.05, 4.69) is 21.9 Å². The predicted molar refractivity (Wildman–Crippen MR) is 149 cm³/mol. The number of methoxy groups -OCH3 is 2. The van der Waals surface area contributed by atoms with Crippen molar-refractivity contribution in [1.82, 2.24) is 4.90 Å². The summed E-state index contributed by atoms with van der Waals surface area (Å²) in [5.74, 6) is 1.39. The maximum Gasteiger partial charge on any atom is 0.165 e. The highest BCUT2D eigenvalue weighted by atomic mass is 19.1. The number of hydrogen-bond donors (Lipinski definition) is 1. The summed E-state index contributed by atoms with van der Waals surface area (Å²) < 4.78 is 31.2. The Hall–Kier alpha value is -3.29. The standard InChI is InChI=1S/C31H39FN2O4/c1-33(13-15-36-3)14-16-38-31-12-5-22(17-29(31)32)21-34(2)30-20-27(37-4)10-11-28(30)25-7-6-24-19-26(35)9-8-23(24)18-25/h5,8-12,17,19-20,25,35H,6-7,13-16,18,21H2,1-4H3/t25-/m1/s1. The van der Waals surface area contributed by atoms with E-state index in [1.807, 2.05) is 38.4 Å². The van der Waals surface area contributed by atoms with E-state index in [4.69, 9.17) is 14.2 Å². The Kier molecular flexibility index (Phi) is 9.48. The smallest absolute Gasteiger partial charge is 0.165 e. The second-order valence-electron chi connectivity index (χ2n) is 10.1. The first-order valence-corrected chi connectivity index (χ1v) is 13.2. The molecule has 6 nitrogen and oxygen atoms in total. The number of benzene rings is 3. The maximum absolute atomic E-state index is 14.9. The van der Waals surface area contributed by atoms with E-state index in [1.165, 1.54) is 16.7 Å². The third kappa shape index (κ3) is 6.97. The summed E-state index contributed by atoms with van der Waals surface area (Å²) in [5, 5.41) is 9.85. The molecule has 38 heavy (non-hydrogen) atoms. The van der Waals surface area contributed by atoms with Gasteiger partial charge in [0.1, 0.15) is 18.1 Å². The van der Waals surface area contributed by atoms with Crippen molar-refractivity contribution >= 4 is 5.69 Å². The predicted octanol–water partition coefficient (Wildman–Crippen LogP) is 5.41. The molecule has 204 valence electrons. The first kappa shape index (κ1) is 27.7. The average molecular weight is 523 g/mol. The zero-order valence-electron chi connectivity index (χ0n) is 22.9. The Morgan fingerprint density at radius 3 is 2.53 bits per heavy atom.